The summed E-state index contributed by atoms with van der Waals surface area (Å²) in [6, 6.07) is 9.91. The number of ether oxygens (including phenoxy) is 1. The lowest BCUT2D eigenvalue weighted by Crippen LogP contribution is -2.41. The first-order chi connectivity index (χ1) is 12.1. The van der Waals surface area contributed by atoms with Gasteiger partial charge in [-0.05, 0) is 47.9 Å². The average molecular weight is 359 g/mol. The molecule has 1 atom stereocenters. The van der Waals surface area contributed by atoms with E-state index >= 15 is 0 Å². The van der Waals surface area contributed by atoms with Crippen LogP contribution in [0.3, 0.4) is 0 Å². The lowest BCUT2D eigenvalue weighted by Gasteiger charge is -2.35. The van der Waals surface area contributed by atoms with E-state index in [1.807, 2.05) is 29.2 Å². The number of rotatable bonds is 5. The number of carbonyl (C=O) groups is 1. The largest absolute Gasteiger partial charge is 0.491 e. The average Bonchev–Trinajstić information content (AvgIpc) is 3.08. The third kappa shape index (κ3) is 3.98. The summed E-state index contributed by atoms with van der Waals surface area (Å²) in [5.41, 5.74) is 2.04. The molecule has 4 nitrogen and oxygen atoms in total. The molecule has 2 heterocycles. The van der Waals surface area contributed by atoms with Gasteiger partial charge in [0.15, 0.2) is 0 Å². The van der Waals surface area contributed by atoms with E-state index in [4.69, 9.17) is 4.74 Å². The van der Waals surface area contributed by atoms with Crippen LogP contribution in [0.1, 0.15) is 43.7 Å². The Balaban J connectivity index is 1.74. The van der Waals surface area contributed by atoms with Crippen LogP contribution in [0.2, 0.25) is 0 Å². The van der Waals surface area contributed by atoms with Crippen molar-refractivity contribution in [3.63, 3.8) is 0 Å². The summed E-state index contributed by atoms with van der Waals surface area (Å²) in [6.07, 6.45) is 1.85. The monoisotopic (exact) mass is 358 g/mol. The maximum atomic E-state index is 12.9. The van der Waals surface area contributed by atoms with Crippen LogP contribution in [0.25, 0.3) is 0 Å². The third-order valence-corrected chi connectivity index (χ3v) is 5.44. The summed E-state index contributed by atoms with van der Waals surface area (Å²) in [5, 5.41) is 5.19. The Bertz CT molecular complexity index is 726. The number of nitrogens with one attached hydrogen (secondary N) is 1. The highest BCUT2D eigenvalue weighted by atomic mass is 32.1. The predicted octanol–water partition coefficient (Wildman–Crippen LogP) is 5.32. The van der Waals surface area contributed by atoms with E-state index in [-0.39, 0.29) is 12.1 Å². The van der Waals surface area contributed by atoms with E-state index in [9.17, 15) is 4.79 Å². The highest BCUT2D eigenvalue weighted by Gasteiger charge is 2.30. The molecule has 1 aromatic carbocycles. The highest BCUT2D eigenvalue weighted by molar-refractivity contribution is 7.10. The molecule has 1 N–H and O–H groups in total. The molecule has 2 amide bonds. The van der Waals surface area contributed by atoms with Gasteiger partial charge in [-0.15, -0.1) is 11.3 Å². The fourth-order valence-corrected chi connectivity index (χ4v) is 4.15. The van der Waals surface area contributed by atoms with Crippen LogP contribution in [0.4, 0.5) is 10.5 Å². The molecule has 0 radical (unpaired) electrons. The quantitative estimate of drug-likeness (QED) is 0.785. The number of fused-ring (bicyclic) bond motifs is 1. The first-order valence-corrected chi connectivity index (χ1v) is 9.83. The molecule has 1 aliphatic heterocycles. The third-order valence-electron chi connectivity index (χ3n) is 4.44. The molecule has 5 heteroatoms. The van der Waals surface area contributed by atoms with Crippen LogP contribution in [-0.4, -0.2) is 24.1 Å². The van der Waals surface area contributed by atoms with Crippen molar-refractivity contribution in [3.05, 3.63) is 46.2 Å². The van der Waals surface area contributed by atoms with Gasteiger partial charge in [-0.1, -0.05) is 32.9 Å². The van der Waals surface area contributed by atoms with Crippen molar-refractivity contribution < 1.29 is 9.53 Å². The lowest BCUT2D eigenvalue weighted by molar-refractivity contribution is 0.181. The molecule has 2 aromatic rings. The number of hydrogen-bond acceptors (Lipinski definition) is 3. The second kappa shape index (κ2) is 7.91. The molecule has 134 valence electrons. The van der Waals surface area contributed by atoms with Gasteiger partial charge in [0, 0.05) is 11.4 Å². The minimum Gasteiger partial charge on any atom is -0.491 e. The Morgan fingerprint density at radius 3 is 2.92 bits per heavy atom. The van der Waals surface area contributed by atoms with Crippen LogP contribution in [0.5, 0.6) is 5.75 Å². The van der Waals surface area contributed by atoms with Crippen LogP contribution in [0.15, 0.2) is 35.7 Å². The van der Waals surface area contributed by atoms with E-state index in [1.54, 1.807) is 11.3 Å². The van der Waals surface area contributed by atoms with Crippen molar-refractivity contribution in [3.8, 4) is 5.75 Å². The van der Waals surface area contributed by atoms with Gasteiger partial charge in [-0.25, -0.2) is 4.79 Å². The molecule has 0 aliphatic carbocycles. The number of benzene rings is 1. The first kappa shape index (κ1) is 17.8. The number of anilines is 1. The van der Waals surface area contributed by atoms with Gasteiger partial charge in [0.25, 0.3) is 0 Å². The number of amides is 2. The van der Waals surface area contributed by atoms with Crippen LogP contribution in [0, 0.1) is 5.92 Å². The van der Waals surface area contributed by atoms with Crippen LogP contribution in [-0.2, 0) is 6.42 Å². The molecule has 1 aromatic heterocycles. The van der Waals surface area contributed by atoms with Gasteiger partial charge >= 0.3 is 6.03 Å². The summed E-state index contributed by atoms with van der Waals surface area (Å²) in [5.74, 6) is 1.16. The minimum absolute atomic E-state index is 0.0516. The number of para-hydroxylation sites is 2. The number of nitrogens with zero attached hydrogens (tertiary/aromatic N) is 1. The Morgan fingerprint density at radius 2 is 2.16 bits per heavy atom. The van der Waals surface area contributed by atoms with Gasteiger partial charge in [0.2, 0.25) is 0 Å². The summed E-state index contributed by atoms with van der Waals surface area (Å²) < 4.78 is 5.85. The van der Waals surface area contributed by atoms with Crippen LogP contribution < -0.4 is 10.1 Å². The standard InChI is InChI=1S/C20H26N2O2S/c1-4-17-15-10-12-25-19(15)9-11-22(17)20(23)21-16-7-5-6-8-18(16)24-13-14(2)3/h5-8,10,12,14,17H,4,9,11,13H2,1-3H3,(H,21,23)/t17-/m0/s1. The van der Waals surface area contributed by atoms with E-state index in [0.717, 1.165) is 30.8 Å². The molecule has 1 aliphatic rings. The number of carbonyl (C=O) groups excluding carboxylic acids is 1. The van der Waals surface area contributed by atoms with Crippen molar-refractivity contribution in [2.24, 2.45) is 5.92 Å². The molecule has 3 rings (SSSR count). The Hall–Kier alpha value is -2.01. The van der Waals surface area contributed by atoms with Gasteiger partial charge in [0.1, 0.15) is 5.75 Å². The molecule has 0 bridgehead atoms. The zero-order valence-corrected chi connectivity index (χ0v) is 15.9. The van der Waals surface area contributed by atoms with Crippen molar-refractivity contribution in [1.82, 2.24) is 4.90 Å². The van der Waals surface area contributed by atoms with E-state index in [0.29, 0.717) is 12.5 Å². The lowest BCUT2D eigenvalue weighted by atomic mass is 9.98. The molecule has 0 saturated carbocycles. The van der Waals surface area contributed by atoms with E-state index in [2.05, 4.69) is 37.5 Å². The normalized spacial score (nSPS) is 16.6. The van der Waals surface area contributed by atoms with E-state index in [1.165, 1.54) is 10.4 Å². The molecule has 0 spiro atoms. The second-order valence-electron chi connectivity index (χ2n) is 6.80. The summed E-state index contributed by atoms with van der Waals surface area (Å²) >= 11 is 1.80. The van der Waals surface area contributed by atoms with Crippen LogP contribution >= 0.6 is 11.3 Å². The molecular weight excluding hydrogens is 332 g/mol. The smallest absolute Gasteiger partial charge is 0.322 e. The van der Waals surface area contributed by atoms with Crippen molar-refractivity contribution >= 4 is 23.1 Å². The Kier molecular flexibility index (Phi) is 5.63. The fourth-order valence-electron chi connectivity index (χ4n) is 3.22. The maximum Gasteiger partial charge on any atom is 0.322 e. The van der Waals surface area contributed by atoms with Crippen molar-refractivity contribution in [2.45, 2.75) is 39.7 Å². The molecule has 25 heavy (non-hydrogen) atoms. The Morgan fingerprint density at radius 1 is 1.36 bits per heavy atom. The molecule has 0 saturated heterocycles. The highest BCUT2D eigenvalue weighted by Crippen LogP contribution is 2.36. The topological polar surface area (TPSA) is 41.6 Å². The maximum absolute atomic E-state index is 12.9. The number of thiophene rings is 1. The summed E-state index contributed by atoms with van der Waals surface area (Å²) in [6.45, 7) is 7.75. The number of urea groups is 1. The zero-order valence-electron chi connectivity index (χ0n) is 15.1. The minimum atomic E-state index is -0.0516. The van der Waals surface area contributed by atoms with Gasteiger partial charge in [-0.2, -0.15) is 0 Å². The first-order valence-electron chi connectivity index (χ1n) is 8.95. The molecule has 0 unspecified atom stereocenters. The molecular formula is C20H26N2O2S. The SMILES string of the molecule is CC[C@H]1c2ccsc2CCN1C(=O)Nc1ccccc1OCC(C)C. The number of hydrogen-bond donors (Lipinski definition) is 1. The Labute approximate surface area is 153 Å². The predicted molar refractivity (Wildman–Crippen MR) is 104 cm³/mol. The zero-order chi connectivity index (χ0) is 17.8. The van der Waals surface area contributed by atoms with Gasteiger partial charge in [-0.3, -0.25) is 0 Å². The second-order valence-corrected chi connectivity index (χ2v) is 7.80. The summed E-state index contributed by atoms with van der Waals surface area (Å²) in [4.78, 5) is 16.3. The van der Waals surface area contributed by atoms with Gasteiger partial charge < -0.3 is 15.0 Å². The van der Waals surface area contributed by atoms with Gasteiger partial charge in [0.05, 0.1) is 18.3 Å². The van der Waals surface area contributed by atoms with E-state index < -0.39 is 0 Å². The van der Waals surface area contributed by atoms with Crippen molar-refractivity contribution in [1.29, 1.82) is 0 Å². The summed E-state index contributed by atoms with van der Waals surface area (Å²) in [7, 11) is 0. The molecule has 0 fully saturated rings. The van der Waals surface area contributed by atoms with Crippen molar-refractivity contribution in [2.75, 3.05) is 18.5 Å². The fraction of sp³-hybridized carbons (Fsp3) is 0.450.